The topological polar surface area (TPSA) is 46.0 Å². The average molecular weight is 150 g/mol. The second-order valence-corrected chi connectivity index (χ2v) is 2.84. The molecule has 2 rings (SSSR count). The summed E-state index contributed by atoms with van der Waals surface area (Å²) in [5.74, 6) is 0.284. The van der Waals surface area contributed by atoms with Gasteiger partial charge in [-0.1, -0.05) is 0 Å². The van der Waals surface area contributed by atoms with Crippen LogP contribution in [-0.4, -0.2) is 21.7 Å². The molecule has 0 saturated heterocycles. The van der Waals surface area contributed by atoms with Crippen molar-refractivity contribution in [2.75, 3.05) is 6.61 Å². The quantitative estimate of drug-likeness (QED) is 0.634. The van der Waals surface area contributed by atoms with Crippen molar-refractivity contribution in [3.8, 4) is 0 Å². The Hall–Kier alpha value is -0.960. The third-order valence-electron chi connectivity index (χ3n) is 2.22. The maximum Gasteiger partial charge on any atom is 0.115 e. The van der Waals surface area contributed by atoms with Crippen LogP contribution in [0.15, 0.2) is 12.5 Å². The molecule has 1 aromatic rings. The first-order valence-electron chi connectivity index (χ1n) is 3.81. The lowest BCUT2D eigenvalue weighted by Crippen LogP contribution is -1.99. The van der Waals surface area contributed by atoms with Crippen LogP contribution in [0.25, 0.3) is 0 Å². The van der Waals surface area contributed by atoms with Gasteiger partial charge < -0.3 is 5.11 Å². The van der Waals surface area contributed by atoms with Gasteiger partial charge in [-0.3, -0.25) is 0 Å². The van der Waals surface area contributed by atoms with Crippen LogP contribution in [0.5, 0.6) is 0 Å². The molecule has 0 unspecified atom stereocenters. The molecule has 0 radical (unpaired) electrons. The maximum atomic E-state index is 8.96. The van der Waals surface area contributed by atoms with Gasteiger partial charge in [-0.2, -0.15) is 0 Å². The van der Waals surface area contributed by atoms with Gasteiger partial charge >= 0.3 is 0 Å². The van der Waals surface area contributed by atoms with Crippen molar-refractivity contribution in [1.29, 1.82) is 0 Å². The summed E-state index contributed by atoms with van der Waals surface area (Å²) >= 11 is 0. The van der Waals surface area contributed by atoms with E-state index in [-0.39, 0.29) is 12.5 Å². The van der Waals surface area contributed by atoms with Crippen molar-refractivity contribution in [3.05, 3.63) is 23.8 Å². The van der Waals surface area contributed by atoms with Crippen LogP contribution in [0.1, 0.15) is 23.6 Å². The molecule has 11 heavy (non-hydrogen) atoms. The van der Waals surface area contributed by atoms with Gasteiger partial charge in [0, 0.05) is 17.8 Å². The zero-order chi connectivity index (χ0) is 7.68. The van der Waals surface area contributed by atoms with Gasteiger partial charge in [0.25, 0.3) is 0 Å². The van der Waals surface area contributed by atoms with Crippen molar-refractivity contribution < 1.29 is 5.11 Å². The van der Waals surface area contributed by atoms with Gasteiger partial charge in [-0.05, 0) is 18.4 Å². The molecule has 0 aromatic carbocycles. The summed E-state index contributed by atoms with van der Waals surface area (Å²) in [6, 6.07) is 0. The van der Waals surface area contributed by atoms with Crippen molar-refractivity contribution in [2.45, 2.75) is 18.8 Å². The smallest absolute Gasteiger partial charge is 0.115 e. The van der Waals surface area contributed by atoms with Crippen LogP contribution in [-0.2, 0) is 6.42 Å². The molecule has 0 saturated carbocycles. The molecule has 1 atom stereocenters. The fraction of sp³-hybridized carbons (Fsp3) is 0.500. The molecule has 3 heteroatoms. The Morgan fingerprint density at radius 1 is 1.64 bits per heavy atom. The van der Waals surface area contributed by atoms with E-state index in [2.05, 4.69) is 9.97 Å². The molecule has 0 fully saturated rings. The lowest BCUT2D eigenvalue weighted by molar-refractivity contribution is 0.265. The van der Waals surface area contributed by atoms with Gasteiger partial charge in [-0.15, -0.1) is 0 Å². The number of aliphatic hydroxyl groups excluding tert-OH is 1. The molecule has 1 aliphatic rings. The Morgan fingerprint density at radius 3 is 3.36 bits per heavy atom. The van der Waals surface area contributed by atoms with E-state index < -0.39 is 0 Å². The first kappa shape index (κ1) is 6.73. The number of nitrogens with zero attached hydrogens (tertiary/aromatic N) is 2. The third-order valence-corrected chi connectivity index (χ3v) is 2.22. The highest BCUT2D eigenvalue weighted by atomic mass is 16.3. The molecular weight excluding hydrogens is 140 g/mol. The van der Waals surface area contributed by atoms with Gasteiger partial charge in [0.1, 0.15) is 6.33 Å². The lowest BCUT2D eigenvalue weighted by atomic mass is 10.1. The standard InChI is InChI=1S/C8H10N2O/c11-4-6-1-2-8-7(6)3-9-5-10-8/h3,5-6,11H,1-2,4H2/t6-/m1/s1. The summed E-state index contributed by atoms with van der Waals surface area (Å²) in [7, 11) is 0. The van der Waals surface area contributed by atoms with E-state index in [9.17, 15) is 0 Å². The molecule has 1 aliphatic carbocycles. The normalized spacial score (nSPS) is 21.7. The summed E-state index contributed by atoms with van der Waals surface area (Å²) in [6.07, 6.45) is 5.39. The molecule has 58 valence electrons. The second-order valence-electron chi connectivity index (χ2n) is 2.84. The third kappa shape index (κ3) is 1.01. The van der Waals surface area contributed by atoms with Gasteiger partial charge in [0.2, 0.25) is 0 Å². The number of rotatable bonds is 1. The van der Waals surface area contributed by atoms with Crippen LogP contribution >= 0.6 is 0 Å². The summed E-state index contributed by atoms with van der Waals surface area (Å²) in [6.45, 7) is 0.223. The predicted octanol–water partition coefficient (Wildman–Crippen LogP) is 0.499. The van der Waals surface area contributed by atoms with E-state index in [0.717, 1.165) is 24.1 Å². The fourth-order valence-corrected chi connectivity index (χ4v) is 1.57. The summed E-state index contributed by atoms with van der Waals surface area (Å²) in [5, 5.41) is 8.96. The van der Waals surface area contributed by atoms with Gasteiger partial charge in [-0.25, -0.2) is 9.97 Å². The van der Waals surface area contributed by atoms with Gasteiger partial charge in [0.15, 0.2) is 0 Å². The van der Waals surface area contributed by atoms with E-state index in [1.165, 1.54) is 0 Å². The average Bonchev–Trinajstić information content (AvgIpc) is 2.47. The molecule has 0 spiro atoms. The number of hydrogen-bond donors (Lipinski definition) is 1. The van der Waals surface area contributed by atoms with Crippen LogP contribution in [0.4, 0.5) is 0 Å². The Balaban J connectivity index is 2.39. The van der Waals surface area contributed by atoms with Crippen LogP contribution in [0.3, 0.4) is 0 Å². The predicted molar refractivity (Wildman–Crippen MR) is 40.2 cm³/mol. The molecule has 1 aromatic heterocycles. The minimum atomic E-state index is 0.223. The SMILES string of the molecule is OC[C@H]1CCc2ncncc21. The first-order chi connectivity index (χ1) is 5.42. The number of fused-ring (bicyclic) bond motifs is 1. The van der Waals surface area contributed by atoms with E-state index in [0.29, 0.717) is 0 Å². The van der Waals surface area contributed by atoms with Crippen molar-refractivity contribution in [2.24, 2.45) is 0 Å². The summed E-state index contributed by atoms with van der Waals surface area (Å²) in [4.78, 5) is 8.07. The maximum absolute atomic E-state index is 8.96. The van der Waals surface area contributed by atoms with Crippen molar-refractivity contribution >= 4 is 0 Å². The van der Waals surface area contributed by atoms with E-state index in [1.54, 1.807) is 6.33 Å². The first-order valence-corrected chi connectivity index (χ1v) is 3.81. The van der Waals surface area contributed by atoms with Crippen LogP contribution < -0.4 is 0 Å². The summed E-state index contributed by atoms with van der Waals surface area (Å²) < 4.78 is 0. The Kier molecular flexibility index (Phi) is 1.58. The fourth-order valence-electron chi connectivity index (χ4n) is 1.57. The number of aromatic nitrogens is 2. The monoisotopic (exact) mass is 150 g/mol. The highest BCUT2D eigenvalue weighted by Crippen LogP contribution is 2.29. The lowest BCUT2D eigenvalue weighted by Gasteiger charge is -2.04. The molecule has 0 bridgehead atoms. The van der Waals surface area contributed by atoms with Crippen molar-refractivity contribution in [1.82, 2.24) is 9.97 Å². The van der Waals surface area contributed by atoms with Gasteiger partial charge in [0.05, 0.1) is 6.61 Å². The Bertz CT molecular complexity index is 262. The molecule has 1 N–H and O–H groups in total. The Morgan fingerprint density at radius 2 is 2.55 bits per heavy atom. The molecule has 3 nitrogen and oxygen atoms in total. The highest BCUT2D eigenvalue weighted by molar-refractivity contribution is 5.26. The molecule has 0 aliphatic heterocycles. The van der Waals surface area contributed by atoms with E-state index in [1.807, 2.05) is 6.20 Å². The zero-order valence-corrected chi connectivity index (χ0v) is 6.20. The van der Waals surface area contributed by atoms with Crippen LogP contribution in [0.2, 0.25) is 0 Å². The number of hydrogen-bond acceptors (Lipinski definition) is 3. The van der Waals surface area contributed by atoms with E-state index >= 15 is 0 Å². The van der Waals surface area contributed by atoms with E-state index in [4.69, 9.17) is 5.11 Å². The number of aryl methyl sites for hydroxylation is 1. The Labute approximate surface area is 65.1 Å². The molecular formula is C8H10N2O. The van der Waals surface area contributed by atoms with Crippen LogP contribution in [0, 0.1) is 0 Å². The second kappa shape index (κ2) is 2.58. The minimum absolute atomic E-state index is 0.223. The molecule has 1 heterocycles. The molecule has 0 amide bonds. The van der Waals surface area contributed by atoms with Crippen molar-refractivity contribution in [3.63, 3.8) is 0 Å². The zero-order valence-electron chi connectivity index (χ0n) is 6.20. The largest absolute Gasteiger partial charge is 0.396 e. The number of aliphatic hydroxyl groups is 1. The minimum Gasteiger partial charge on any atom is -0.396 e. The summed E-state index contributed by atoms with van der Waals surface area (Å²) in [5.41, 5.74) is 2.24. The highest BCUT2D eigenvalue weighted by Gasteiger charge is 2.22.